The summed E-state index contributed by atoms with van der Waals surface area (Å²) in [6.45, 7) is 4.19. The molecule has 0 N–H and O–H groups in total. The van der Waals surface area contributed by atoms with Crippen LogP contribution in [-0.2, 0) is 25.1 Å². The molecule has 148 valence electrons. The van der Waals surface area contributed by atoms with Crippen LogP contribution in [0.25, 0.3) is 0 Å². The normalized spacial score (nSPS) is 15.6. The molecule has 0 bridgehead atoms. The van der Waals surface area contributed by atoms with Gasteiger partial charge in [-0.25, -0.2) is 0 Å². The highest BCUT2D eigenvalue weighted by molar-refractivity contribution is 6.79. The Balaban J connectivity index is 2.12. The Morgan fingerprint density at radius 2 is 0.926 bits per heavy atom. The van der Waals surface area contributed by atoms with E-state index in [9.17, 15) is 0 Å². The molecule has 2 atom stereocenters. The van der Waals surface area contributed by atoms with E-state index in [0.29, 0.717) is 0 Å². The van der Waals surface area contributed by atoms with Crippen molar-refractivity contribution in [2.24, 2.45) is 0 Å². The van der Waals surface area contributed by atoms with E-state index < -0.39 is 17.1 Å². The van der Waals surface area contributed by atoms with Crippen LogP contribution in [0.4, 0.5) is 0 Å². The summed E-state index contributed by atoms with van der Waals surface area (Å²) in [5, 5.41) is 0. The molecule has 0 fully saturated rings. The summed E-state index contributed by atoms with van der Waals surface area (Å²) in [6.07, 6.45) is 0. The van der Waals surface area contributed by atoms with Gasteiger partial charge in [0.05, 0.1) is 14.2 Å². The second kappa shape index (κ2) is 9.52. The van der Waals surface area contributed by atoms with Crippen LogP contribution in [0.1, 0.15) is 11.1 Å². The number of benzene rings is 2. The van der Waals surface area contributed by atoms with Gasteiger partial charge in [0.25, 0.3) is 0 Å². The Bertz CT molecular complexity index is 646. The summed E-state index contributed by atoms with van der Waals surface area (Å²) in [5.41, 5.74) is 2.34. The Morgan fingerprint density at radius 1 is 0.593 bits per heavy atom. The van der Waals surface area contributed by atoms with Gasteiger partial charge in [0, 0.05) is 26.3 Å². The molecule has 2 unspecified atom stereocenters. The summed E-state index contributed by atoms with van der Waals surface area (Å²) in [6, 6.07) is 17.6. The molecule has 0 heterocycles. The van der Waals surface area contributed by atoms with E-state index in [1.165, 1.54) is 11.1 Å². The van der Waals surface area contributed by atoms with Crippen LogP contribution in [0.3, 0.4) is 0 Å². The molecule has 0 saturated carbocycles. The first-order chi connectivity index (χ1) is 12.8. The lowest BCUT2D eigenvalue weighted by Gasteiger charge is -2.35. The zero-order chi connectivity index (χ0) is 19.9. The maximum absolute atomic E-state index is 6.62. The van der Waals surface area contributed by atoms with E-state index in [2.05, 4.69) is 37.4 Å². The summed E-state index contributed by atoms with van der Waals surface area (Å²) in [4.78, 5) is 0. The zero-order valence-corrected chi connectivity index (χ0v) is 19.1. The van der Waals surface area contributed by atoms with E-state index in [1.54, 1.807) is 28.4 Å². The SMILES string of the molecule is COc1ccc(C[Si](C)(OC)O[Si](C)(Cc2ccc(OC)cc2)OC)cc1. The summed E-state index contributed by atoms with van der Waals surface area (Å²) < 4.78 is 28.9. The van der Waals surface area contributed by atoms with Gasteiger partial charge in [-0.1, -0.05) is 24.3 Å². The van der Waals surface area contributed by atoms with Gasteiger partial charge in [-0.15, -0.1) is 0 Å². The van der Waals surface area contributed by atoms with Crippen LogP contribution < -0.4 is 9.47 Å². The summed E-state index contributed by atoms with van der Waals surface area (Å²) in [5.74, 6) is 1.69. The van der Waals surface area contributed by atoms with E-state index in [4.69, 9.17) is 22.4 Å². The molecule has 0 saturated heterocycles. The third-order valence-electron chi connectivity index (χ3n) is 4.66. The third-order valence-corrected chi connectivity index (χ3v) is 11.9. The fraction of sp³-hybridized carbons (Fsp3) is 0.400. The average molecular weight is 407 g/mol. The van der Waals surface area contributed by atoms with Crippen molar-refractivity contribution in [3.8, 4) is 11.5 Å². The Labute approximate surface area is 164 Å². The molecule has 2 rings (SSSR count). The van der Waals surface area contributed by atoms with Crippen LogP contribution in [0, 0.1) is 0 Å². The predicted molar refractivity (Wildman–Crippen MR) is 112 cm³/mol. The molecule has 0 aliphatic heterocycles. The monoisotopic (exact) mass is 406 g/mol. The van der Waals surface area contributed by atoms with Crippen molar-refractivity contribution in [1.29, 1.82) is 0 Å². The minimum atomic E-state index is -2.45. The van der Waals surface area contributed by atoms with Gasteiger partial charge >= 0.3 is 17.1 Å². The van der Waals surface area contributed by atoms with Crippen LogP contribution >= 0.6 is 0 Å². The van der Waals surface area contributed by atoms with Crippen molar-refractivity contribution in [3.63, 3.8) is 0 Å². The van der Waals surface area contributed by atoms with Gasteiger partial charge in [-0.05, 0) is 48.5 Å². The van der Waals surface area contributed by atoms with Gasteiger partial charge in [0.2, 0.25) is 0 Å². The van der Waals surface area contributed by atoms with Gasteiger partial charge in [0.1, 0.15) is 11.5 Å². The van der Waals surface area contributed by atoms with Gasteiger partial charge in [-0.2, -0.15) is 0 Å². The van der Waals surface area contributed by atoms with Gasteiger partial charge in [0.15, 0.2) is 0 Å². The summed E-state index contributed by atoms with van der Waals surface area (Å²) in [7, 11) is 1.90. The maximum Gasteiger partial charge on any atom is 0.330 e. The molecule has 0 aliphatic rings. The number of hydrogen-bond acceptors (Lipinski definition) is 5. The minimum absolute atomic E-state index is 0.752. The molecule has 2 aromatic carbocycles. The fourth-order valence-electron chi connectivity index (χ4n) is 2.98. The van der Waals surface area contributed by atoms with Crippen LogP contribution in [0.2, 0.25) is 13.1 Å². The molecule has 0 aliphatic carbocycles. The average Bonchev–Trinajstić information content (AvgIpc) is 2.69. The standard InChI is InChI=1S/C20H30O5Si2/c1-21-19-11-7-17(8-12-19)15-26(5,23-3)25-27(6,24-4)16-18-9-13-20(22-2)14-10-18/h7-14H,15-16H2,1-6H3. The molecule has 27 heavy (non-hydrogen) atoms. The first kappa shape index (κ1) is 21.7. The number of ether oxygens (including phenoxy) is 2. The smallest absolute Gasteiger partial charge is 0.330 e. The van der Waals surface area contributed by atoms with Crippen LogP contribution in [0.5, 0.6) is 11.5 Å². The van der Waals surface area contributed by atoms with Crippen molar-refractivity contribution in [2.75, 3.05) is 28.4 Å². The highest BCUT2D eigenvalue weighted by Crippen LogP contribution is 2.25. The molecule has 0 aromatic heterocycles. The lowest BCUT2D eigenvalue weighted by molar-refractivity contribution is 0.239. The van der Waals surface area contributed by atoms with Crippen molar-refractivity contribution in [3.05, 3.63) is 59.7 Å². The van der Waals surface area contributed by atoms with E-state index >= 15 is 0 Å². The Kier molecular flexibility index (Phi) is 7.63. The zero-order valence-electron chi connectivity index (χ0n) is 17.1. The van der Waals surface area contributed by atoms with Crippen molar-refractivity contribution >= 4 is 17.1 Å². The Morgan fingerprint density at radius 3 is 1.19 bits per heavy atom. The first-order valence-corrected chi connectivity index (χ1v) is 14.0. The maximum atomic E-state index is 6.62. The molecule has 7 heteroatoms. The Hall–Kier alpha value is -1.65. The molecule has 2 aromatic rings. The lowest BCUT2D eigenvalue weighted by Crippen LogP contribution is -2.54. The van der Waals surface area contributed by atoms with E-state index in [-0.39, 0.29) is 0 Å². The quantitative estimate of drug-likeness (QED) is 0.558. The van der Waals surface area contributed by atoms with E-state index in [0.717, 1.165) is 23.6 Å². The molecule has 5 nitrogen and oxygen atoms in total. The van der Waals surface area contributed by atoms with Gasteiger partial charge in [-0.3, -0.25) is 0 Å². The largest absolute Gasteiger partial charge is 0.497 e. The fourth-order valence-corrected chi connectivity index (χ4v) is 10.1. The molecule has 0 spiro atoms. The second-order valence-electron chi connectivity index (χ2n) is 6.83. The number of hydrogen-bond donors (Lipinski definition) is 0. The topological polar surface area (TPSA) is 46.2 Å². The van der Waals surface area contributed by atoms with Crippen molar-refractivity contribution in [1.82, 2.24) is 0 Å². The lowest BCUT2D eigenvalue weighted by atomic mass is 10.2. The van der Waals surface area contributed by atoms with Crippen LogP contribution in [0.15, 0.2) is 48.5 Å². The number of rotatable bonds is 10. The third kappa shape index (κ3) is 6.19. The van der Waals surface area contributed by atoms with Crippen molar-refractivity contribution in [2.45, 2.75) is 25.2 Å². The van der Waals surface area contributed by atoms with Crippen LogP contribution in [-0.4, -0.2) is 45.6 Å². The van der Waals surface area contributed by atoms with E-state index in [1.807, 2.05) is 24.3 Å². The second-order valence-corrected chi connectivity index (χ2v) is 13.7. The molecular weight excluding hydrogens is 376 g/mol. The highest BCUT2D eigenvalue weighted by Gasteiger charge is 2.42. The molecular formula is C20H30O5Si2. The first-order valence-electron chi connectivity index (χ1n) is 8.91. The minimum Gasteiger partial charge on any atom is -0.497 e. The molecule has 0 radical (unpaired) electrons. The van der Waals surface area contributed by atoms with Crippen molar-refractivity contribution < 1.29 is 22.4 Å². The molecule has 0 amide bonds. The van der Waals surface area contributed by atoms with Gasteiger partial charge < -0.3 is 22.4 Å². The predicted octanol–water partition coefficient (Wildman–Crippen LogP) is 4.02. The summed E-state index contributed by atoms with van der Waals surface area (Å²) >= 11 is 0. The highest BCUT2D eigenvalue weighted by atomic mass is 28.5. The number of methoxy groups -OCH3 is 2.